The molecule has 17 heavy (non-hydrogen) atoms. The second kappa shape index (κ2) is 6.97. The van der Waals surface area contributed by atoms with Gasteiger partial charge in [-0.1, -0.05) is 6.42 Å². The largest absolute Gasteiger partial charge is 0.330 e. The Hall–Kier alpha value is -0.600. The number of nitrogens with two attached hydrogens (primary N) is 1. The SMILES string of the molecule is CC(CCN)S(=O)(=O)CCCCC(C)(C)C#N. The Morgan fingerprint density at radius 2 is 1.94 bits per heavy atom. The third-order valence-electron chi connectivity index (χ3n) is 2.97. The van der Waals surface area contributed by atoms with E-state index in [4.69, 9.17) is 11.0 Å². The Kier molecular flexibility index (Phi) is 6.73. The lowest BCUT2D eigenvalue weighted by Crippen LogP contribution is -2.24. The maximum Gasteiger partial charge on any atom is 0.152 e. The average Bonchev–Trinajstić information content (AvgIpc) is 2.25. The Balaban J connectivity index is 4.02. The molecule has 0 aromatic heterocycles. The van der Waals surface area contributed by atoms with Gasteiger partial charge in [0, 0.05) is 0 Å². The summed E-state index contributed by atoms with van der Waals surface area (Å²) in [5.74, 6) is 0.204. The molecule has 1 unspecified atom stereocenters. The Morgan fingerprint density at radius 3 is 2.41 bits per heavy atom. The summed E-state index contributed by atoms with van der Waals surface area (Å²) in [6, 6.07) is 2.22. The summed E-state index contributed by atoms with van der Waals surface area (Å²) in [6.45, 7) is 5.86. The molecule has 0 aromatic carbocycles. The summed E-state index contributed by atoms with van der Waals surface area (Å²) in [4.78, 5) is 0. The number of hydrogen-bond acceptors (Lipinski definition) is 4. The van der Waals surface area contributed by atoms with Crippen molar-refractivity contribution in [2.75, 3.05) is 12.3 Å². The molecule has 0 fully saturated rings. The first-order valence-electron chi connectivity index (χ1n) is 6.08. The van der Waals surface area contributed by atoms with Crippen LogP contribution in [0.2, 0.25) is 0 Å². The zero-order valence-corrected chi connectivity index (χ0v) is 11.9. The third-order valence-corrected chi connectivity index (χ3v) is 5.29. The summed E-state index contributed by atoms with van der Waals surface area (Å²) >= 11 is 0. The molecule has 0 saturated carbocycles. The van der Waals surface area contributed by atoms with Crippen molar-refractivity contribution in [2.45, 2.75) is 51.7 Å². The predicted molar refractivity (Wildman–Crippen MR) is 70.2 cm³/mol. The first-order valence-corrected chi connectivity index (χ1v) is 7.79. The smallest absolute Gasteiger partial charge is 0.152 e. The number of nitriles is 1. The van der Waals surface area contributed by atoms with Crippen molar-refractivity contribution >= 4 is 9.84 Å². The standard InChI is InChI=1S/C12H24N2O2S/c1-11(6-8-13)17(15,16)9-5-4-7-12(2,3)10-14/h11H,4-9,13H2,1-3H3. The van der Waals surface area contributed by atoms with Gasteiger partial charge in [-0.2, -0.15) is 5.26 Å². The molecule has 1 atom stereocenters. The van der Waals surface area contributed by atoms with Crippen molar-refractivity contribution < 1.29 is 8.42 Å². The van der Waals surface area contributed by atoms with Crippen LogP contribution in [-0.2, 0) is 9.84 Å². The van der Waals surface area contributed by atoms with Crippen LogP contribution in [0.25, 0.3) is 0 Å². The summed E-state index contributed by atoms with van der Waals surface area (Å²) in [6.07, 6.45) is 2.66. The van der Waals surface area contributed by atoms with E-state index in [0.29, 0.717) is 19.4 Å². The van der Waals surface area contributed by atoms with Crippen LogP contribution in [0.3, 0.4) is 0 Å². The lowest BCUT2D eigenvalue weighted by molar-refractivity contribution is 0.431. The zero-order valence-electron chi connectivity index (χ0n) is 11.1. The molecule has 0 heterocycles. The average molecular weight is 260 g/mol. The predicted octanol–water partition coefficient (Wildman–Crippen LogP) is 1.86. The van der Waals surface area contributed by atoms with E-state index in [1.807, 2.05) is 13.8 Å². The lowest BCUT2D eigenvalue weighted by Gasteiger charge is -2.15. The molecule has 0 rings (SSSR count). The van der Waals surface area contributed by atoms with E-state index >= 15 is 0 Å². The number of rotatable bonds is 8. The van der Waals surface area contributed by atoms with E-state index in [-0.39, 0.29) is 16.4 Å². The highest BCUT2D eigenvalue weighted by Gasteiger charge is 2.21. The fourth-order valence-corrected chi connectivity index (χ4v) is 3.05. The Morgan fingerprint density at radius 1 is 1.35 bits per heavy atom. The maximum absolute atomic E-state index is 11.8. The van der Waals surface area contributed by atoms with Gasteiger partial charge in [-0.15, -0.1) is 0 Å². The molecule has 4 nitrogen and oxygen atoms in total. The minimum absolute atomic E-state index is 0.204. The lowest BCUT2D eigenvalue weighted by atomic mass is 9.89. The molecule has 0 amide bonds. The molecule has 0 aromatic rings. The molecular weight excluding hydrogens is 236 g/mol. The normalized spacial score (nSPS) is 14.3. The molecule has 2 N–H and O–H groups in total. The molecular formula is C12H24N2O2S. The first-order chi connectivity index (χ1) is 7.75. The molecule has 0 aliphatic rings. The van der Waals surface area contributed by atoms with Crippen LogP contribution < -0.4 is 5.73 Å². The van der Waals surface area contributed by atoms with E-state index in [9.17, 15) is 8.42 Å². The minimum atomic E-state index is -3.01. The van der Waals surface area contributed by atoms with Gasteiger partial charge >= 0.3 is 0 Å². The molecule has 100 valence electrons. The molecule has 5 heteroatoms. The van der Waals surface area contributed by atoms with Crippen LogP contribution in [-0.4, -0.2) is 26.0 Å². The Labute approximate surface area is 105 Å². The van der Waals surface area contributed by atoms with Crippen molar-refractivity contribution in [2.24, 2.45) is 11.1 Å². The third kappa shape index (κ3) is 6.64. The fraction of sp³-hybridized carbons (Fsp3) is 0.917. The number of nitrogens with zero attached hydrogens (tertiary/aromatic N) is 1. The van der Waals surface area contributed by atoms with Crippen LogP contribution in [0.4, 0.5) is 0 Å². The Bertz CT molecular complexity index is 355. The van der Waals surface area contributed by atoms with Gasteiger partial charge in [0.25, 0.3) is 0 Å². The number of sulfone groups is 1. The van der Waals surface area contributed by atoms with E-state index < -0.39 is 9.84 Å². The van der Waals surface area contributed by atoms with Crippen molar-refractivity contribution in [1.82, 2.24) is 0 Å². The van der Waals surface area contributed by atoms with Crippen molar-refractivity contribution in [1.29, 1.82) is 5.26 Å². The minimum Gasteiger partial charge on any atom is -0.330 e. The molecule has 0 aliphatic heterocycles. The van der Waals surface area contributed by atoms with Crippen LogP contribution in [0.5, 0.6) is 0 Å². The van der Waals surface area contributed by atoms with Gasteiger partial charge in [-0.3, -0.25) is 0 Å². The van der Waals surface area contributed by atoms with E-state index in [0.717, 1.165) is 12.8 Å². The van der Waals surface area contributed by atoms with Gasteiger partial charge in [0.2, 0.25) is 0 Å². The highest BCUT2D eigenvalue weighted by Crippen LogP contribution is 2.22. The van der Waals surface area contributed by atoms with Crippen LogP contribution in [0, 0.1) is 16.7 Å². The van der Waals surface area contributed by atoms with E-state index in [1.54, 1.807) is 6.92 Å². The summed E-state index contributed by atoms with van der Waals surface area (Å²) in [7, 11) is -3.01. The molecule has 0 saturated heterocycles. The van der Waals surface area contributed by atoms with Gasteiger partial charge in [0.1, 0.15) is 0 Å². The quantitative estimate of drug-likeness (QED) is 0.675. The van der Waals surface area contributed by atoms with E-state index in [1.165, 1.54) is 0 Å². The second-order valence-corrected chi connectivity index (χ2v) is 7.75. The molecule has 0 spiro atoms. The van der Waals surface area contributed by atoms with Gasteiger partial charge in [-0.05, 0) is 46.6 Å². The van der Waals surface area contributed by atoms with E-state index in [2.05, 4.69) is 6.07 Å². The van der Waals surface area contributed by atoms with Gasteiger partial charge in [-0.25, -0.2) is 8.42 Å². The highest BCUT2D eigenvalue weighted by atomic mass is 32.2. The number of hydrogen-bond donors (Lipinski definition) is 1. The van der Waals surface area contributed by atoms with Crippen molar-refractivity contribution in [3.8, 4) is 6.07 Å². The zero-order chi connectivity index (χ0) is 13.5. The molecule has 0 aliphatic carbocycles. The molecule has 0 radical (unpaired) electrons. The number of unbranched alkanes of at least 4 members (excludes halogenated alkanes) is 1. The summed E-state index contributed by atoms with van der Waals surface area (Å²) in [5.41, 5.74) is 5.00. The van der Waals surface area contributed by atoms with Crippen LogP contribution in [0.1, 0.15) is 46.5 Å². The van der Waals surface area contributed by atoms with Gasteiger partial charge in [0.15, 0.2) is 9.84 Å². The van der Waals surface area contributed by atoms with Gasteiger partial charge < -0.3 is 5.73 Å². The highest BCUT2D eigenvalue weighted by molar-refractivity contribution is 7.91. The van der Waals surface area contributed by atoms with Crippen molar-refractivity contribution in [3.05, 3.63) is 0 Å². The first kappa shape index (κ1) is 16.4. The van der Waals surface area contributed by atoms with Crippen molar-refractivity contribution in [3.63, 3.8) is 0 Å². The molecule has 0 bridgehead atoms. The monoisotopic (exact) mass is 260 g/mol. The second-order valence-electron chi connectivity index (χ2n) is 5.21. The van der Waals surface area contributed by atoms with Gasteiger partial charge in [0.05, 0.1) is 22.5 Å². The summed E-state index contributed by atoms with van der Waals surface area (Å²) < 4.78 is 23.6. The fourth-order valence-electron chi connectivity index (χ4n) is 1.54. The van der Waals surface area contributed by atoms with Crippen LogP contribution >= 0.6 is 0 Å². The van der Waals surface area contributed by atoms with Crippen LogP contribution in [0.15, 0.2) is 0 Å². The summed E-state index contributed by atoms with van der Waals surface area (Å²) in [5, 5.41) is 8.48. The maximum atomic E-state index is 11.8. The topological polar surface area (TPSA) is 84.0 Å².